The van der Waals surface area contributed by atoms with E-state index in [1.54, 1.807) is 55.6 Å². The summed E-state index contributed by atoms with van der Waals surface area (Å²) in [5.41, 5.74) is 2.92. The Labute approximate surface area is 244 Å². The summed E-state index contributed by atoms with van der Waals surface area (Å²) >= 11 is 0. The molecular formula is C32H41N3O5S. The molecule has 3 rings (SSSR count). The Morgan fingerprint density at radius 2 is 1.63 bits per heavy atom. The standard InChI is InChI=1S/C32H41N3O5S/c1-6-8-19-33-32(37)30(7-2)34(22-26-12-10-14-28(21-26)40-5)31(36)23-35(27-13-9-11-25(4)20-27)41(38,39)29-17-15-24(3)16-18-29/h9-18,20-21,30H,6-8,19,22-23H2,1-5H3,(H,33,37). The summed E-state index contributed by atoms with van der Waals surface area (Å²) in [6, 6.07) is 20.1. The quantitative estimate of drug-likeness (QED) is 0.264. The molecule has 0 aliphatic rings. The fraction of sp³-hybridized carbons (Fsp3) is 0.375. The minimum Gasteiger partial charge on any atom is -0.497 e. The zero-order chi connectivity index (χ0) is 30.0. The van der Waals surface area contributed by atoms with Gasteiger partial charge < -0.3 is 15.0 Å². The van der Waals surface area contributed by atoms with Gasteiger partial charge in [0, 0.05) is 13.1 Å². The molecule has 0 aliphatic carbocycles. The van der Waals surface area contributed by atoms with E-state index in [1.807, 2.05) is 52.0 Å². The van der Waals surface area contributed by atoms with Crippen molar-refractivity contribution in [3.63, 3.8) is 0 Å². The van der Waals surface area contributed by atoms with Gasteiger partial charge in [0.1, 0.15) is 18.3 Å². The Hall–Kier alpha value is -3.85. The van der Waals surface area contributed by atoms with Gasteiger partial charge in [0.2, 0.25) is 11.8 Å². The predicted molar refractivity (Wildman–Crippen MR) is 162 cm³/mol. The molecule has 9 heteroatoms. The highest BCUT2D eigenvalue weighted by molar-refractivity contribution is 7.92. The van der Waals surface area contributed by atoms with Crippen molar-refractivity contribution in [3.05, 3.63) is 89.5 Å². The average molecular weight is 580 g/mol. The number of anilines is 1. The van der Waals surface area contributed by atoms with Gasteiger partial charge in [0.25, 0.3) is 10.0 Å². The van der Waals surface area contributed by atoms with E-state index >= 15 is 0 Å². The lowest BCUT2D eigenvalue weighted by atomic mass is 10.1. The number of rotatable bonds is 14. The maximum atomic E-state index is 14.1. The topological polar surface area (TPSA) is 96.0 Å². The van der Waals surface area contributed by atoms with Crippen LogP contribution in [0.15, 0.2) is 77.7 Å². The molecule has 0 fully saturated rings. The molecule has 2 amide bonds. The Kier molecular flexibility index (Phi) is 11.3. The predicted octanol–water partition coefficient (Wildman–Crippen LogP) is 5.23. The van der Waals surface area contributed by atoms with Crippen molar-refractivity contribution < 1.29 is 22.7 Å². The molecule has 3 aromatic carbocycles. The summed E-state index contributed by atoms with van der Waals surface area (Å²) < 4.78 is 34.4. The smallest absolute Gasteiger partial charge is 0.264 e. The molecule has 1 atom stereocenters. The minimum absolute atomic E-state index is 0.0844. The highest BCUT2D eigenvalue weighted by atomic mass is 32.2. The number of benzene rings is 3. The molecule has 220 valence electrons. The van der Waals surface area contributed by atoms with E-state index in [0.717, 1.165) is 33.8 Å². The number of nitrogens with zero attached hydrogens (tertiary/aromatic N) is 2. The van der Waals surface area contributed by atoms with Gasteiger partial charge in [0.15, 0.2) is 0 Å². The van der Waals surface area contributed by atoms with Crippen LogP contribution in [-0.2, 0) is 26.2 Å². The van der Waals surface area contributed by atoms with Crippen LogP contribution in [0.25, 0.3) is 0 Å². The number of ether oxygens (including phenoxy) is 1. The van der Waals surface area contributed by atoms with Crippen LogP contribution in [0.4, 0.5) is 5.69 Å². The van der Waals surface area contributed by atoms with Crippen molar-refractivity contribution >= 4 is 27.5 Å². The summed E-state index contributed by atoms with van der Waals surface area (Å²) in [4.78, 5) is 29.0. The van der Waals surface area contributed by atoms with Gasteiger partial charge in [-0.15, -0.1) is 0 Å². The molecule has 1 unspecified atom stereocenters. The van der Waals surface area contributed by atoms with Gasteiger partial charge in [-0.05, 0) is 74.2 Å². The molecule has 41 heavy (non-hydrogen) atoms. The number of amides is 2. The second kappa shape index (κ2) is 14.7. The van der Waals surface area contributed by atoms with Crippen LogP contribution in [0.2, 0.25) is 0 Å². The summed E-state index contributed by atoms with van der Waals surface area (Å²) in [5, 5.41) is 2.94. The monoisotopic (exact) mass is 579 g/mol. The van der Waals surface area contributed by atoms with Crippen molar-refractivity contribution in [2.45, 2.75) is 64.4 Å². The highest BCUT2D eigenvalue weighted by Crippen LogP contribution is 2.26. The molecule has 0 heterocycles. The third-order valence-electron chi connectivity index (χ3n) is 6.88. The van der Waals surface area contributed by atoms with Crippen LogP contribution in [0.5, 0.6) is 5.75 Å². The third kappa shape index (κ3) is 8.33. The van der Waals surface area contributed by atoms with Crippen molar-refractivity contribution in [2.24, 2.45) is 0 Å². The summed E-state index contributed by atoms with van der Waals surface area (Å²) in [5.74, 6) is -0.123. The van der Waals surface area contributed by atoms with Crippen molar-refractivity contribution in [1.82, 2.24) is 10.2 Å². The Morgan fingerprint density at radius 3 is 2.27 bits per heavy atom. The van der Waals surface area contributed by atoms with Gasteiger partial charge in [-0.3, -0.25) is 13.9 Å². The molecule has 3 aromatic rings. The Bertz CT molecular complexity index is 1420. The number of carbonyl (C=O) groups excluding carboxylic acids is 2. The normalized spacial score (nSPS) is 11.9. The summed E-state index contributed by atoms with van der Waals surface area (Å²) in [6.45, 7) is 7.78. The van der Waals surface area contributed by atoms with Gasteiger partial charge in [0.05, 0.1) is 17.7 Å². The van der Waals surface area contributed by atoms with Gasteiger partial charge in [-0.25, -0.2) is 8.42 Å². The lowest BCUT2D eigenvalue weighted by Crippen LogP contribution is -2.52. The summed E-state index contributed by atoms with van der Waals surface area (Å²) in [7, 11) is -2.54. The maximum Gasteiger partial charge on any atom is 0.264 e. The van der Waals surface area contributed by atoms with Crippen molar-refractivity contribution in [3.8, 4) is 5.75 Å². The van der Waals surface area contributed by atoms with Crippen LogP contribution in [0, 0.1) is 13.8 Å². The first-order valence-corrected chi connectivity index (χ1v) is 15.4. The zero-order valence-electron chi connectivity index (χ0n) is 24.6. The van der Waals surface area contributed by atoms with Gasteiger partial charge in [-0.2, -0.15) is 0 Å². The van der Waals surface area contributed by atoms with E-state index in [1.165, 1.54) is 4.90 Å². The zero-order valence-corrected chi connectivity index (χ0v) is 25.4. The minimum atomic E-state index is -4.10. The lowest BCUT2D eigenvalue weighted by Gasteiger charge is -2.33. The lowest BCUT2D eigenvalue weighted by molar-refractivity contribution is -0.140. The number of unbranched alkanes of at least 4 members (excludes halogenated alkanes) is 1. The van der Waals surface area contributed by atoms with E-state index in [2.05, 4.69) is 5.32 Å². The fourth-order valence-corrected chi connectivity index (χ4v) is 5.95. The number of hydrogen-bond acceptors (Lipinski definition) is 5. The molecule has 0 saturated heterocycles. The van der Waals surface area contributed by atoms with E-state index < -0.39 is 28.5 Å². The molecular weight excluding hydrogens is 538 g/mol. The molecule has 0 radical (unpaired) electrons. The second-order valence-electron chi connectivity index (χ2n) is 10.1. The van der Waals surface area contributed by atoms with E-state index in [4.69, 9.17) is 4.74 Å². The molecule has 0 aliphatic heterocycles. The number of methoxy groups -OCH3 is 1. The Morgan fingerprint density at radius 1 is 0.927 bits per heavy atom. The van der Waals surface area contributed by atoms with Crippen molar-refractivity contribution in [2.75, 3.05) is 24.5 Å². The second-order valence-corrected chi connectivity index (χ2v) is 12.0. The highest BCUT2D eigenvalue weighted by Gasteiger charge is 2.33. The first-order chi connectivity index (χ1) is 19.6. The first-order valence-electron chi connectivity index (χ1n) is 14.0. The molecule has 0 aromatic heterocycles. The van der Waals surface area contributed by atoms with E-state index in [-0.39, 0.29) is 17.3 Å². The van der Waals surface area contributed by atoms with Gasteiger partial charge in [-0.1, -0.05) is 62.2 Å². The van der Waals surface area contributed by atoms with E-state index in [9.17, 15) is 18.0 Å². The third-order valence-corrected chi connectivity index (χ3v) is 8.67. The van der Waals surface area contributed by atoms with Crippen LogP contribution in [-0.4, -0.2) is 51.4 Å². The number of hydrogen-bond donors (Lipinski definition) is 1. The number of nitrogens with one attached hydrogen (secondary N) is 1. The Balaban J connectivity index is 2.04. The SMILES string of the molecule is CCCCNC(=O)C(CC)N(Cc1cccc(OC)c1)C(=O)CN(c1cccc(C)c1)S(=O)(=O)c1ccc(C)cc1. The largest absolute Gasteiger partial charge is 0.497 e. The van der Waals surface area contributed by atoms with Crippen LogP contribution in [0.1, 0.15) is 49.8 Å². The fourth-order valence-electron chi connectivity index (χ4n) is 4.54. The molecule has 0 bridgehead atoms. The van der Waals surface area contributed by atoms with Crippen molar-refractivity contribution in [1.29, 1.82) is 0 Å². The van der Waals surface area contributed by atoms with E-state index in [0.29, 0.717) is 24.4 Å². The molecule has 1 N–H and O–H groups in total. The maximum absolute atomic E-state index is 14.1. The van der Waals surface area contributed by atoms with Crippen LogP contribution >= 0.6 is 0 Å². The van der Waals surface area contributed by atoms with Gasteiger partial charge >= 0.3 is 0 Å². The molecule has 0 saturated carbocycles. The van der Waals surface area contributed by atoms with Crippen LogP contribution < -0.4 is 14.4 Å². The summed E-state index contributed by atoms with van der Waals surface area (Å²) in [6.07, 6.45) is 2.11. The molecule has 8 nitrogen and oxygen atoms in total. The first kappa shape index (κ1) is 31.7. The average Bonchev–Trinajstić information content (AvgIpc) is 2.96. The van der Waals surface area contributed by atoms with Crippen LogP contribution in [0.3, 0.4) is 0 Å². The number of aryl methyl sites for hydroxylation is 2. The number of carbonyl (C=O) groups is 2. The number of sulfonamides is 1. The molecule has 0 spiro atoms.